The number of hydrogen-bond acceptors (Lipinski definition) is 3. The molecule has 1 aliphatic rings. The number of hydrogen-bond donors (Lipinski definition) is 1. The first-order valence-electron chi connectivity index (χ1n) is 6.95. The summed E-state index contributed by atoms with van der Waals surface area (Å²) in [5, 5.41) is 9.32. The van der Waals surface area contributed by atoms with Crippen molar-refractivity contribution in [2.75, 3.05) is 20.3 Å². The van der Waals surface area contributed by atoms with E-state index in [4.69, 9.17) is 4.74 Å². The number of methoxy groups -OCH3 is 1. The predicted molar refractivity (Wildman–Crippen MR) is 73.1 cm³/mol. The number of likely N-dealkylation sites (tertiary alicyclic amines) is 1. The van der Waals surface area contributed by atoms with Crippen LogP contribution in [0, 0.1) is 0 Å². The van der Waals surface area contributed by atoms with Crippen LogP contribution < -0.4 is 0 Å². The van der Waals surface area contributed by atoms with Crippen molar-refractivity contribution < 1.29 is 27.8 Å². The zero-order valence-corrected chi connectivity index (χ0v) is 12.1. The summed E-state index contributed by atoms with van der Waals surface area (Å²) in [6.07, 6.45) is -4.55. The summed E-state index contributed by atoms with van der Waals surface area (Å²) >= 11 is 0. The highest BCUT2D eigenvalue weighted by Gasteiger charge is 2.37. The van der Waals surface area contributed by atoms with E-state index >= 15 is 0 Å². The predicted octanol–water partition coefficient (Wildman–Crippen LogP) is 1.86. The highest BCUT2D eigenvalue weighted by Crippen LogP contribution is 2.32. The minimum absolute atomic E-state index is 0.0578. The summed E-state index contributed by atoms with van der Waals surface area (Å²) in [6, 6.07) is 4.63. The van der Waals surface area contributed by atoms with Gasteiger partial charge in [-0.15, -0.1) is 0 Å². The lowest BCUT2D eigenvalue weighted by Gasteiger charge is -2.23. The molecular formula is C15H18F3NO3. The molecule has 1 aliphatic heterocycles. The molecule has 1 aromatic carbocycles. The normalized spacial score (nSPS) is 22.1. The third kappa shape index (κ3) is 3.59. The van der Waals surface area contributed by atoms with Crippen LogP contribution in [0.25, 0.3) is 0 Å². The molecule has 2 rings (SSSR count). The lowest BCUT2D eigenvalue weighted by Crippen LogP contribution is -2.39. The van der Waals surface area contributed by atoms with Crippen molar-refractivity contribution in [1.82, 2.24) is 4.90 Å². The number of aliphatic hydroxyl groups excluding tert-OH is 1. The Labute approximate surface area is 126 Å². The van der Waals surface area contributed by atoms with Crippen LogP contribution in [0.1, 0.15) is 17.5 Å². The van der Waals surface area contributed by atoms with Crippen molar-refractivity contribution in [2.45, 2.75) is 31.2 Å². The SMILES string of the molecule is CO[C@H]1C[C@@H](CO)N(C(=O)Cc2ccccc2C(F)(F)F)C1. The molecule has 0 saturated carbocycles. The fourth-order valence-electron chi connectivity index (χ4n) is 2.74. The van der Waals surface area contributed by atoms with E-state index in [-0.39, 0.29) is 31.2 Å². The van der Waals surface area contributed by atoms with E-state index in [1.807, 2.05) is 0 Å². The molecular weight excluding hydrogens is 299 g/mol. The molecule has 1 aromatic rings. The van der Waals surface area contributed by atoms with Gasteiger partial charge in [0.2, 0.25) is 5.91 Å². The molecule has 0 unspecified atom stereocenters. The van der Waals surface area contributed by atoms with Gasteiger partial charge in [-0.05, 0) is 18.1 Å². The summed E-state index contributed by atoms with van der Waals surface area (Å²) in [7, 11) is 1.51. The van der Waals surface area contributed by atoms with E-state index in [9.17, 15) is 23.1 Å². The van der Waals surface area contributed by atoms with Gasteiger partial charge in [0.25, 0.3) is 0 Å². The Balaban J connectivity index is 2.16. The van der Waals surface area contributed by atoms with Gasteiger partial charge in [-0.2, -0.15) is 13.2 Å². The first-order valence-corrected chi connectivity index (χ1v) is 6.95. The van der Waals surface area contributed by atoms with Gasteiger partial charge in [0.05, 0.1) is 30.7 Å². The summed E-state index contributed by atoms with van der Waals surface area (Å²) in [5.74, 6) is -0.435. The Hall–Kier alpha value is -1.60. The van der Waals surface area contributed by atoms with Crippen molar-refractivity contribution >= 4 is 5.91 Å². The summed E-state index contributed by atoms with van der Waals surface area (Å²) in [4.78, 5) is 13.7. The number of aliphatic hydroxyl groups is 1. The largest absolute Gasteiger partial charge is 0.416 e. The van der Waals surface area contributed by atoms with Crippen LogP contribution >= 0.6 is 0 Å². The van der Waals surface area contributed by atoms with Crippen LogP contribution in [-0.4, -0.2) is 48.3 Å². The Kier molecular flexibility index (Phi) is 5.08. The van der Waals surface area contributed by atoms with Gasteiger partial charge >= 0.3 is 6.18 Å². The number of carbonyl (C=O) groups excluding carboxylic acids is 1. The topological polar surface area (TPSA) is 49.8 Å². The van der Waals surface area contributed by atoms with Gasteiger partial charge in [0.15, 0.2) is 0 Å². The summed E-state index contributed by atoms with van der Waals surface area (Å²) in [5.41, 5.74) is -0.857. The Morgan fingerprint density at radius 1 is 1.41 bits per heavy atom. The van der Waals surface area contributed by atoms with E-state index in [0.29, 0.717) is 6.42 Å². The Bertz CT molecular complexity index is 533. The molecule has 2 atom stereocenters. The third-order valence-electron chi connectivity index (χ3n) is 3.90. The molecule has 0 aliphatic carbocycles. The van der Waals surface area contributed by atoms with Gasteiger partial charge in [0, 0.05) is 13.7 Å². The molecule has 0 aromatic heterocycles. The molecule has 0 bridgehead atoms. The van der Waals surface area contributed by atoms with Crippen molar-refractivity contribution in [3.63, 3.8) is 0 Å². The van der Waals surface area contributed by atoms with Crippen molar-refractivity contribution in [3.8, 4) is 0 Å². The van der Waals surface area contributed by atoms with Crippen LogP contribution in [-0.2, 0) is 22.1 Å². The second-order valence-electron chi connectivity index (χ2n) is 5.31. The van der Waals surface area contributed by atoms with Crippen molar-refractivity contribution in [2.24, 2.45) is 0 Å². The van der Waals surface area contributed by atoms with E-state index in [1.54, 1.807) is 0 Å². The maximum atomic E-state index is 13.0. The number of alkyl halides is 3. The lowest BCUT2D eigenvalue weighted by atomic mass is 10.0. The maximum Gasteiger partial charge on any atom is 0.416 e. The number of ether oxygens (including phenoxy) is 1. The average molecular weight is 317 g/mol. The van der Waals surface area contributed by atoms with Gasteiger partial charge < -0.3 is 14.7 Å². The highest BCUT2D eigenvalue weighted by molar-refractivity contribution is 5.80. The van der Waals surface area contributed by atoms with Crippen molar-refractivity contribution in [1.29, 1.82) is 0 Å². The van der Waals surface area contributed by atoms with Crippen LogP contribution in [0.5, 0.6) is 0 Å². The minimum Gasteiger partial charge on any atom is -0.394 e. The molecule has 1 fully saturated rings. The Morgan fingerprint density at radius 3 is 2.68 bits per heavy atom. The average Bonchev–Trinajstić information content (AvgIpc) is 2.90. The molecule has 1 N–H and O–H groups in total. The molecule has 1 heterocycles. The fourth-order valence-corrected chi connectivity index (χ4v) is 2.74. The standard InChI is InChI=1S/C15H18F3NO3/c1-22-12-7-11(9-20)19(8-12)14(21)6-10-4-2-3-5-13(10)15(16,17)18/h2-5,11-12,20H,6-9H2,1H3/t11-,12-/m0/s1. The molecule has 122 valence electrons. The summed E-state index contributed by atoms with van der Waals surface area (Å²) < 4.78 is 44.0. The van der Waals surface area contributed by atoms with E-state index in [0.717, 1.165) is 6.07 Å². The van der Waals surface area contributed by atoms with Gasteiger partial charge in [0.1, 0.15) is 0 Å². The molecule has 0 spiro atoms. The van der Waals surface area contributed by atoms with Crippen LogP contribution in [0.15, 0.2) is 24.3 Å². The number of nitrogens with zero attached hydrogens (tertiary/aromatic N) is 1. The van der Waals surface area contributed by atoms with Gasteiger partial charge in [-0.1, -0.05) is 18.2 Å². The molecule has 0 radical (unpaired) electrons. The second kappa shape index (κ2) is 6.66. The number of rotatable bonds is 4. The highest BCUT2D eigenvalue weighted by atomic mass is 19.4. The van der Waals surface area contributed by atoms with Crippen LogP contribution in [0.4, 0.5) is 13.2 Å². The second-order valence-corrected chi connectivity index (χ2v) is 5.31. The molecule has 1 saturated heterocycles. The number of halogens is 3. The van der Waals surface area contributed by atoms with Crippen LogP contribution in [0.2, 0.25) is 0 Å². The minimum atomic E-state index is -4.49. The third-order valence-corrected chi connectivity index (χ3v) is 3.90. The number of amides is 1. The quantitative estimate of drug-likeness (QED) is 0.922. The summed E-state index contributed by atoms with van der Waals surface area (Å²) in [6.45, 7) is 0.0568. The molecule has 22 heavy (non-hydrogen) atoms. The van der Waals surface area contributed by atoms with Crippen molar-refractivity contribution in [3.05, 3.63) is 35.4 Å². The lowest BCUT2D eigenvalue weighted by molar-refractivity contribution is -0.139. The maximum absolute atomic E-state index is 13.0. The number of benzene rings is 1. The van der Waals surface area contributed by atoms with Gasteiger partial charge in [-0.3, -0.25) is 4.79 Å². The van der Waals surface area contributed by atoms with Crippen LogP contribution in [0.3, 0.4) is 0 Å². The zero-order chi connectivity index (χ0) is 16.3. The first kappa shape index (κ1) is 16.8. The molecule has 7 heteroatoms. The Morgan fingerprint density at radius 2 is 2.09 bits per heavy atom. The molecule has 1 amide bonds. The van der Waals surface area contributed by atoms with Gasteiger partial charge in [-0.25, -0.2) is 0 Å². The monoisotopic (exact) mass is 317 g/mol. The fraction of sp³-hybridized carbons (Fsp3) is 0.533. The van der Waals surface area contributed by atoms with E-state index < -0.39 is 23.7 Å². The van der Waals surface area contributed by atoms with E-state index in [1.165, 1.54) is 30.2 Å². The smallest absolute Gasteiger partial charge is 0.394 e. The van der Waals surface area contributed by atoms with E-state index in [2.05, 4.69) is 0 Å². The number of carbonyl (C=O) groups is 1. The zero-order valence-electron chi connectivity index (χ0n) is 12.1. The first-order chi connectivity index (χ1) is 10.4. The molecule has 4 nitrogen and oxygen atoms in total.